The van der Waals surface area contributed by atoms with Crippen molar-refractivity contribution < 1.29 is 9.90 Å². The predicted molar refractivity (Wildman–Crippen MR) is 86.4 cm³/mol. The Morgan fingerprint density at radius 2 is 1.92 bits per heavy atom. The summed E-state index contributed by atoms with van der Waals surface area (Å²) >= 11 is 0. The van der Waals surface area contributed by atoms with Gasteiger partial charge in [-0.15, -0.1) is 5.10 Å². The van der Waals surface area contributed by atoms with E-state index in [1.54, 1.807) is 17.1 Å². The first-order valence-electron chi connectivity index (χ1n) is 8.06. The Bertz CT molecular complexity index is 653. The molecule has 0 aliphatic carbocycles. The number of aromatic nitrogens is 5. The molecule has 0 saturated carbocycles. The monoisotopic (exact) mass is 331 g/mol. The molecule has 0 aromatic carbocycles. The van der Waals surface area contributed by atoms with Crippen LogP contribution in [0.25, 0.3) is 0 Å². The van der Waals surface area contributed by atoms with Crippen LogP contribution in [-0.2, 0) is 17.9 Å². The minimum Gasteiger partial charge on any atom is -0.481 e. The van der Waals surface area contributed by atoms with E-state index in [9.17, 15) is 4.79 Å². The fraction of sp³-hybridized carbons (Fsp3) is 0.533. The average Bonchev–Trinajstić information content (AvgIpc) is 3.03. The zero-order chi connectivity index (χ0) is 16.8. The lowest BCUT2D eigenvalue weighted by Gasteiger charge is -2.34. The van der Waals surface area contributed by atoms with E-state index in [4.69, 9.17) is 5.11 Å². The molecule has 0 amide bonds. The molecule has 0 radical (unpaired) electrons. The quantitative estimate of drug-likeness (QED) is 0.771. The molecule has 1 fully saturated rings. The summed E-state index contributed by atoms with van der Waals surface area (Å²) in [4.78, 5) is 23.6. The van der Waals surface area contributed by atoms with Crippen molar-refractivity contribution in [3.8, 4) is 0 Å². The van der Waals surface area contributed by atoms with Crippen LogP contribution in [0.3, 0.4) is 0 Å². The molecule has 1 saturated heterocycles. The van der Waals surface area contributed by atoms with Crippen LogP contribution in [0.15, 0.2) is 24.7 Å². The molecule has 1 aliphatic rings. The van der Waals surface area contributed by atoms with Gasteiger partial charge in [0.05, 0.1) is 5.69 Å². The summed E-state index contributed by atoms with van der Waals surface area (Å²) < 4.78 is 1.71. The van der Waals surface area contributed by atoms with Gasteiger partial charge in [-0.3, -0.25) is 14.4 Å². The van der Waals surface area contributed by atoms with Gasteiger partial charge in [0.1, 0.15) is 0 Å². The lowest BCUT2D eigenvalue weighted by Crippen LogP contribution is -2.46. The molecule has 1 aliphatic heterocycles. The van der Waals surface area contributed by atoms with Gasteiger partial charge >= 0.3 is 5.97 Å². The molecule has 9 heteroatoms. The van der Waals surface area contributed by atoms with Crippen molar-refractivity contribution in [1.82, 2.24) is 29.9 Å². The third-order valence-electron chi connectivity index (χ3n) is 3.96. The van der Waals surface area contributed by atoms with Crippen LogP contribution in [0.2, 0.25) is 0 Å². The molecule has 24 heavy (non-hydrogen) atoms. The van der Waals surface area contributed by atoms with Crippen LogP contribution < -0.4 is 4.90 Å². The van der Waals surface area contributed by atoms with E-state index in [1.807, 2.05) is 12.3 Å². The number of carboxylic acid groups (broad SMARTS) is 1. The molecule has 128 valence electrons. The van der Waals surface area contributed by atoms with Gasteiger partial charge in [0.15, 0.2) is 0 Å². The third kappa shape index (κ3) is 4.48. The van der Waals surface area contributed by atoms with Crippen molar-refractivity contribution in [1.29, 1.82) is 0 Å². The molecule has 2 aromatic rings. The average molecular weight is 331 g/mol. The second kappa shape index (κ2) is 7.82. The highest BCUT2D eigenvalue weighted by molar-refractivity contribution is 5.66. The Hall–Kier alpha value is -2.55. The van der Waals surface area contributed by atoms with Gasteiger partial charge in [-0.2, -0.15) is 0 Å². The van der Waals surface area contributed by atoms with Gasteiger partial charge in [-0.1, -0.05) is 5.21 Å². The van der Waals surface area contributed by atoms with E-state index in [2.05, 4.69) is 30.1 Å². The molecule has 0 bridgehead atoms. The van der Waals surface area contributed by atoms with Crippen molar-refractivity contribution >= 4 is 11.9 Å². The Balaban J connectivity index is 1.44. The Labute approximate surface area is 139 Å². The number of aryl methyl sites for hydroxylation is 1. The second-order valence-electron chi connectivity index (χ2n) is 5.78. The third-order valence-corrected chi connectivity index (χ3v) is 3.96. The Morgan fingerprint density at radius 1 is 1.17 bits per heavy atom. The summed E-state index contributed by atoms with van der Waals surface area (Å²) in [6.07, 6.45) is 6.13. The minimum atomic E-state index is -0.782. The molecule has 0 spiro atoms. The first-order valence-corrected chi connectivity index (χ1v) is 8.06. The zero-order valence-electron chi connectivity index (χ0n) is 13.5. The molecule has 3 heterocycles. The number of anilines is 1. The summed E-state index contributed by atoms with van der Waals surface area (Å²) in [6, 6.07) is 1.82. The number of carboxylic acids is 1. The van der Waals surface area contributed by atoms with Crippen LogP contribution >= 0.6 is 0 Å². The smallest absolute Gasteiger partial charge is 0.303 e. The maximum absolute atomic E-state index is 10.5. The first-order chi connectivity index (χ1) is 11.7. The van der Waals surface area contributed by atoms with Gasteiger partial charge in [0, 0.05) is 64.3 Å². The normalized spacial score (nSPS) is 15.6. The maximum atomic E-state index is 10.5. The van der Waals surface area contributed by atoms with Crippen molar-refractivity contribution in [3.63, 3.8) is 0 Å². The van der Waals surface area contributed by atoms with E-state index < -0.39 is 5.97 Å². The fourth-order valence-electron chi connectivity index (χ4n) is 2.70. The fourth-order valence-corrected chi connectivity index (χ4v) is 2.70. The largest absolute Gasteiger partial charge is 0.481 e. The van der Waals surface area contributed by atoms with Crippen molar-refractivity contribution in [2.45, 2.75) is 25.9 Å². The van der Waals surface area contributed by atoms with Crippen LogP contribution in [0.1, 0.15) is 18.5 Å². The topological polar surface area (TPSA) is 100 Å². The number of carbonyl (C=O) groups is 1. The molecule has 3 rings (SSSR count). The highest BCUT2D eigenvalue weighted by atomic mass is 16.4. The molecular weight excluding hydrogens is 310 g/mol. The number of hydrogen-bond acceptors (Lipinski definition) is 7. The molecule has 0 unspecified atom stereocenters. The highest BCUT2D eigenvalue weighted by Crippen LogP contribution is 2.11. The van der Waals surface area contributed by atoms with Crippen LogP contribution in [0, 0.1) is 0 Å². The molecular formula is C15H21N7O2. The predicted octanol–water partition coefficient (Wildman–Crippen LogP) is 0.255. The van der Waals surface area contributed by atoms with Gasteiger partial charge < -0.3 is 10.0 Å². The van der Waals surface area contributed by atoms with E-state index in [1.165, 1.54) is 0 Å². The number of hydrogen-bond donors (Lipinski definition) is 1. The number of rotatable bonds is 7. The van der Waals surface area contributed by atoms with Crippen molar-refractivity contribution in [2.24, 2.45) is 0 Å². The second-order valence-corrected chi connectivity index (χ2v) is 5.78. The van der Waals surface area contributed by atoms with Crippen LogP contribution in [0.4, 0.5) is 5.95 Å². The van der Waals surface area contributed by atoms with Gasteiger partial charge in [-0.25, -0.2) is 9.97 Å². The van der Waals surface area contributed by atoms with E-state index in [0.717, 1.165) is 44.4 Å². The molecule has 9 nitrogen and oxygen atoms in total. The number of nitrogens with zero attached hydrogens (tertiary/aromatic N) is 7. The van der Waals surface area contributed by atoms with Crippen molar-refractivity contribution in [2.75, 3.05) is 31.1 Å². The Morgan fingerprint density at radius 3 is 2.62 bits per heavy atom. The lowest BCUT2D eigenvalue weighted by atomic mass is 10.3. The number of piperazine rings is 1. The maximum Gasteiger partial charge on any atom is 0.303 e. The van der Waals surface area contributed by atoms with Crippen LogP contribution in [-0.4, -0.2) is 67.1 Å². The SMILES string of the molecule is O=C(O)CCCn1cc(CN2CCN(c3ncccn3)CC2)nn1. The van der Waals surface area contributed by atoms with Gasteiger partial charge in [-0.05, 0) is 12.5 Å². The lowest BCUT2D eigenvalue weighted by molar-refractivity contribution is -0.137. The van der Waals surface area contributed by atoms with Gasteiger partial charge in [0.25, 0.3) is 0 Å². The molecule has 1 N–H and O–H groups in total. The Kier molecular flexibility index (Phi) is 5.32. The zero-order valence-corrected chi connectivity index (χ0v) is 13.5. The van der Waals surface area contributed by atoms with E-state index in [-0.39, 0.29) is 6.42 Å². The molecule has 2 aromatic heterocycles. The van der Waals surface area contributed by atoms with E-state index in [0.29, 0.717) is 13.0 Å². The standard InChI is InChI=1S/C15H21N7O2/c23-14(24)3-1-6-22-12-13(18-19-22)11-20-7-9-21(10-8-20)15-16-4-2-5-17-15/h2,4-5,12H,1,3,6-11H2,(H,23,24). The summed E-state index contributed by atoms with van der Waals surface area (Å²) in [5.41, 5.74) is 0.912. The summed E-state index contributed by atoms with van der Waals surface area (Å²) in [6.45, 7) is 4.95. The molecule has 0 atom stereocenters. The van der Waals surface area contributed by atoms with Crippen LogP contribution in [0.5, 0.6) is 0 Å². The summed E-state index contributed by atoms with van der Waals surface area (Å²) in [7, 11) is 0. The minimum absolute atomic E-state index is 0.151. The van der Waals surface area contributed by atoms with E-state index >= 15 is 0 Å². The van der Waals surface area contributed by atoms with Gasteiger partial charge in [0.2, 0.25) is 5.95 Å². The highest BCUT2D eigenvalue weighted by Gasteiger charge is 2.19. The first kappa shape index (κ1) is 16.3. The number of aliphatic carboxylic acids is 1. The summed E-state index contributed by atoms with van der Waals surface area (Å²) in [5.74, 6) is -0.00266. The summed E-state index contributed by atoms with van der Waals surface area (Å²) in [5, 5.41) is 16.9. The van der Waals surface area contributed by atoms with Crippen molar-refractivity contribution in [3.05, 3.63) is 30.4 Å².